The Labute approximate surface area is 99.6 Å². The third-order valence-corrected chi connectivity index (χ3v) is 2.44. The largest absolute Gasteiger partial charge is 0.487 e. The monoisotopic (exact) mass is 241 g/mol. The summed E-state index contributed by atoms with van der Waals surface area (Å²) in [6.45, 7) is 3.32. The first kappa shape index (κ1) is 13.4. The number of ether oxygens (including phenoxy) is 1. The molecule has 94 valence electrons. The minimum atomic E-state index is -0.627. The van der Waals surface area contributed by atoms with Crippen LogP contribution in [0.5, 0.6) is 5.75 Å². The van der Waals surface area contributed by atoms with Gasteiger partial charge in [0.1, 0.15) is 0 Å². The zero-order chi connectivity index (χ0) is 12.8. The predicted molar refractivity (Wildman–Crippen MR) is 63.3 cm³/mol. The third kappa shape index (κ3) is 3.15. The lowest BCUT2D eigenvalue weighted by atomic mass is 10.00. The Morgan fingerprint density at radius 1 is 1.53 bits per heavy atom. The van der Waals surface area contributed by atoms with E-state index in [4.69, 9.17) is 4.74 Å². The van der Waals surface area contributed by atoms with Crippen LogP contribution in [0.25, 0.3) is 0 Å². The van der Waals surface area contributed by atoms with E-state index in [1.165, 1.54) is 0 Å². The smallest absolute Gasteiger partial charge is 0.314 e. The number of alkyl halides is 1. The van der Waals surface area contributed by atoms with E-state index in [0.29, 0.717) is 12.2 Å². The molecule has 1 rings (SSSR count). The molecular weight excluding hydrogens is 225 g/mol. The SMILES string of the molecule is CCCOc1cccc(C(C)CF)c1[N+](=O)[O-]. The van der Waals surface area contributed by atoms with Crippen LogP contribution in [0.4, 0.5) is 10.1 Å². The first-order valence-electron chi connectivity index (χ1n) is 5.57. The van der Waals surface area contributed by atoms with Gasteiger partial charge in [-0.15, -0.1) is 0 Å². The molecule has 0 aromatic heterocycles. The summed E-state index contributed by atoms with van der Waals surface area (Å²) in [5, 5.41) is 11.0. The molecule has 0 saturated carbocycles. The fourth-order valence-corrected chi connectivity index (χ4v) is 1.54. The molecule has 0 aliphatic carbocycles. The molecule has 17 heavy (non-hydrogen) atoms. The van der Waals surface area contributed by atoms with Gasteiger partial charge < -0.3 is 4.74 Å². The molecule has 5 heteroatoms. The topological polar surface area (TPSA) is 52.4 Å². The number of nitro benzene ring substituents is 1. The molecule has 0 saturated heterocycles. The van der Waals surface area contributed by atoms with Crippen molar-refractivity contribution >= 4 is 5.69 Å². The summed E-state index contributed by atoms with van der Waals surface area (Å²) in [4.78, 5) is 10.5. The van der Waals surface area contributed by atoms with Gasteiger partial charge in [0.05, 0.1) is 18.2 Å². The maximum Gasteiger partial charge on any atom is 0.314 e. The van der Waals surface area contributed by atoms with Gasteiger partial charge in [-0.1, -0.05) is 26.0 Å². The summed E-state index contributed by atoms with van der Waals surface area (Å²) in [5.74, 6) is -0.282. The number of hydrogen-bond donors (Lipinski definition) is 0. The van der Waals surface area contributed by atoms with Crippen LogP contribution in [0.1, 0.15) is 31.7 Å². The highest BCUT2D eigenvalue weighted by Gasteiger charge is 2.24. The lowest BCUT2D eigenvalue weighted by Crippen LogP contribution is -2.05. The van der Waals surface area contributed by atoms with Gasteiger partial charge in [0.25, 0.3) is 0 Å². The Kier molecular flexibility index (Phi) is 4.87. The average molecular weight is 241 g/mol. The van der Waals surface area contributed by atoms with Gasteiger partial charge >= 0.3 is 5.69 Å². The minimum absolute atomic E-state index is 0.119. The first-order valence-corrected chi connectivity index (χ1v) is 5.57. The summed E-state index contributed by atoms with van der Waals surface area (Å²) < 4.78 is 18.0. The Hall–Kier alpha value is -1.65. The lowest BCUT2D eigenvalue weighted by molar-refractivity contribution is -0.386. The first-order chi connectivity index (χ1) is 8.11. The van der Waals surface area contributed by atoms with E-state index in [1.807, 2.05) is 6.92 Å². The number of nitro groups is 1. The maximum absolute atomic E-state index is 12.6. The molecule has 1 unspecified atom stereocenters. The van der Waals surface area contributed by atoms with Gasteiger partial charge in [0.2, 0.25) is 0 Å². The van der Waals surface area contributed by atoms with Crippen LogP contribution in [0.3, 0.4) is 0 Å². The molecule has 0 aliphatic heterocycles. The van der Waals surface area contributed by atoms with Crippen LogP contribution in [0.15, 0.2) is 18.2 Å². The summed E-state index contributed by atoms with van der Waals surface area (Å²) in [6, 6.07) is 4.77. The van der Waals surface area contributed by atoms with Crippen molar-refractivity contribution in [3.63, 3.8) is 0 Å². The van der Waals surface area contributed by atoms with Crippen LogP contribution in [0, 0.1) is 10.1 Å². The Balaban J connectivity index is 3.17. The van der Waals surface area contributed by atoms with Crippen molar-refractivity contribution in [2.75, 3.05) is 13.3 Å². The second kappa shape index (κ2) is 6.18. The van der Waals surface area contributed by atoms with Crippen molar-refractivity contribution in [3.05, 3.63) is 33.9 Å². The van der Waals surface area contributed by atoms with E-state index in [0.717, 1.165) is 6.42 Å². The fourth-order valence-electron chi connectivity index (χ4n) is 1.54. The molecule has 1 aromatic carbocycles. The molecule has 0 bridgehead atoms. The predicted octanol–water partition coefficient (Wildman–Crippen LogP) is 3.46. The van der Waals surface area contributed by atoms with E-state index in [-0.39, 0.29) is 11.4 Å². The molecular formula is C12H16FNO3. The van der Waals surface area contributed by atoms with Gasteiger partial charge in [-0.3, -0.25) is 14.5 Å². The molecule has 0 N–H and O–H groups in total. The van der Waals surface area contributed by atoms with Crippen molar-refractivity contribution in [2.24, 2.45) is 0 Å². The van der Waals surface area contributed by atoms with Crippen LogP contribution in [0.2, 0.25) is 0 Å². The number of nitrogens with zero attached hydrogens (tertiary/aromatic N) is 1. The van der Waals surface area contributed by atoms with Gasteiger partial charge in [-0.2, -0.15) is 0 Å². The fraction of sp³-hybridized carbons (Fsp3) is 0.500. The van der Waals surface area contributed by atoms with Crippen molar-refractivity contribution < 1.29 is 14.1 Å². The van der Waals surface area contributed by atoms with E-state index in [2.05, 4.69) is 0 Å². The van der Waals surface area contributed by atoms with Gasteiger partial charge in [0.15, 0.2) is 5.75 Å². The second-order valence-corrected chi connectivity index (χ2v) is 3.85. The Morgan fingerprint density at radius 3 is 2.76 bits per heavy atom. The molecule has 1 atom stereocenters. The van der Waals surface area contributed by atoms with E-state index in [9.17, 15) is 14.5 Å². The van der Waals surface area contributed by atoms with Gasteiger partial charge in [-0.05, 0) is 12.5 Å². The zero-order valence-corrected chi connectivity index (χ0v) is 9.98. The molecule has 0 fully saturated rings. The highest BCUT2D eigenvalue weighted by atomic mass is 19.1. The molecule has 0 radical (unpaired) electrons. The quantitative estimate of drug-likeness (QED) is 0.566. The summed E-state index contributed by atoms with van der Waals surface area (Å²) in [6.07, 6.45) is 0.764. The zero-order valence-electron chi connectivity index (χ0n) is 9.98. The van der Waals surface area contributed by atoms with Gasteiger partial charge in [0, 0.05) is 11.5 Å². The second-order valence-electron chi connectivity index (χ2n) is 3.85. The van der Waals surface area contributed by atoms with Crippen LogP contribution in [-0.4, -0.2) is 18.2 Å². The molecule has 0 aliphatic rings. The standard InChI is InChI=1S/C12H16FNO3/c1-3-7-17-11-6-4-5-10(9(2)8-13)12(11)14(15)16/h4-6,9H,3,7-8H2,1-2H3. The molecule has 0 heterocycles. The molecule has 1 aromatic rings. The van der Waals surface area contributed by atoms with Crippen LogP contribution in [-0.2, 0) is 0 Å². The van der Waals surface area contributed by atoms with Crippen LogP contribution < -0.4 is 4.74 Å². The van der Waals surface area contributed by atoms with Crippen molar-refractivity contribution in [1.82, 2.24) is 0 Å². The van der Waals surface area contributed by atoms with E-state index in [1.54, 1.807) is 25.1 Å². The van der Waals surface area contributed by atoms with E-state index >= 15 is 0 Å². The average Bonchev–Trinajstić information content (AvgIpc) is 2.34. The number of benzene rings is 1. The third-order valence-electron chi connectivity index (χ3n) is 2.44. The van der Waals surface area contributed by atoms with Crippen molar-refractivity contribution in [1.29, 1.82) is 0 Å². The maximum atomic E-state index is 12.6. The summed E-state index contributed by atoms with van der Waals surface area (Å²) in [7, 11) is 0. The van der Waals surface area contributed by atoms with Crippen molar-refractivity contribution in [3.8, 4) is 5.75 Å². The summed E-state index contributed by atoms with van der Waals surface area (Å²) >= 11 is 0. The van der Waals surface area contributed by atoms with Gasteiger partial charge in [-0.25, -0.2) is 0 Å². The van der Waals surface area contributed by atoms with E-state index < -0.39 is 17.5 Å². The highest BCUT2D eigenvalue weighted by Crippen LogP contribution is 2.35. The number of para-hydroxylation sites is 1. The number of hydrogen-bond acceptors (Lipinski definition) is 3. The Bertz CT molecular complexity index is 395. The summed E-state index contributed by atoms with van der Waals surface area (Å²) in [5.41, 5.74) is 0.261. The molecule has 4 nitrogen and oxygen atoms in total. The minimum Gasteiger partial charge on any atom is -0.487 e. The number of rotatable bonds is 6. The number of halogens is 1. The lowest BCUT2D eigenvalue weighted by Gasteiger charge is -2.11. The Morgan fingerprint density at radius 2 is 2.24 bits per heavy atom. The normalized spacial score (nSPS) is 12.2. The molecule has 0 amide bonds. The van der Waals surface area contributed by atoms with Crippen LogP contribution >= 0.6 is 0 Å². The van der Waals surface area contributed by atoms with Crippen molar-refractivity contribution in [2.45, 2.75) is 26.2 Å². The highest BCUT2D eigenvalue weighted by molar-refractivity contribution is 5.54. The molecule has 0 spiro atoms.